The van der Waals surface area contributed by atoms with Crippen molar-refractivity contribution in [2.45, 2.75) is 6.18 Å². The van der Waals surface area contributed by atoms with Gasteiger partial charge in [0.25, 0.3) is 0 Å². The van der Waals surface area contributed by atoms with Crippen molar-refractivity contribution in [1.29, 1.82) is 0 Å². The summed E-state index contributed by atoms with van der Waals surface area (Å²) in [5.74, 6) is -0.204. The number of halogens is 3. The van der Waals surface area contributed by atoms with Crippen LogP contribution in [-0.2, 0) is 6.18 Å². The predicted molar refractivity (Wildman–Crippen MR) is 96.7 cm³/mol. The molecule has 3 aromatic carbocycles. The van der Waals surface area contributed by atoms with E-state index < -0.39 is 11.7 Å². The Labute approximate surface area is 149 Å². The van der Waals surface area contributed by atoms with Crippen LogP contribution in [0.3, 0.4) is 0 Å². The number of ketones is 1. The molecule has 0 radical (unpaired) electrons. The molecule has 4 heteroatoms. The molecule has 0 bridgehead atoms. The summed E-state index contributed by atoms with van der Waals surface area (Å²) in [6.45, 7) is 0. The van der Waals surface area contributed by atoms with E-state index in [1.807, 2.05) is 42.5 Å². The lowest BCUT2D eigenvalue weighted by Gasteiger charge is -2.05. The Kier molecular flexibility index (Phi) is 5.03. The molecular formula is C22H15F3O. The molecule has 0 unspecified atom stereocenters. The van der Waals surface area contributed by atoms with Gasteiger partial charge >= 0.3 is 6.18 Å². The summed E-state index contributed by atoms with van der Waals surface area (Å²) in [4.78, 5) is 12.2. The lowest BCUT2D eigenvalue weighted by molar-refractivity contribution is -0.137. The van der Waals surface area contributed by atoms with E-state index in [2.05, 4.69) is 0 Å². The molecule has 3 rings (SSSR count). The summed E-state index contributed by atoms with van der Waals surface area (Å²) in [5, 5.41) is 0. The van der Waals surface area contributed by atoms with Gasteiger partial charge in [0, 0.05) is 5.56 Å². The molecule has 0 spiro atoms. The molecule has 0 fully saturated rings. The van der Waals surface area contributed by atoms with Gasteiger partial charge in [-0.15, -0.1) is 0 Å². The van der Waals surface area contributed by atoms with Gasteiger partial charge in [-0.2, -0.15) is 13.2 Å². The van der Waals surface area contributed by atoms with Crippen molar-refractivity contribution < 1.29 is 18.0 Å². The molecule has 0 atom stereocenters. The summed E-state index contributed by atoms with van der Waals surface area (Å²) >= 11 is 0. The third-order valence-electron chi connectivity index (χ3n) is 3.94. The zero-order valence-electron chi connectivity index (χ0n) is 13.7. The minimum Gasteiger partial charge on any atom is -0.289 e. The van der Waals surface area contributed by atoms with Gasteiger partial charge in [-0.3, -0.25) is 4.79 Å². The predicted octanol–water partition coefficient (Wildman–Crippen LogP) is 6.27. The van der Waals surface area contributed by atoms with Gasteiger partial charge in [0.2, 0.25) is 0 Å². The first-order valence-corrected chi connectivity index (χ1v) is 7.99. The maximum Gasteiger partial charge on any atom is 0.416 e. The number of carbonyl (C=O) groups is 1. The summed E-state index contributed by atoms with van der Waals surface area (Å²) in [6, 6.07) is 21.7. The maximum absolute atomic E-state index is 12.5. The molecular weight excluding hydrogens is 337 g/mol. The highest BCUT2D eigenvalue weighted by Gasteiger charge is 2.29. The molecule has 1 nitrogen and oxygen atoms in total. The molecule has 26 heavy (non-hydrogen) atoms. The first-order valence-electron chi connectivity index (χ1n) is 7.99. The van der Waals surface area contributed by atoms with Crippen LogP contribution in [0.5, 0.6) is 0 Å². The molecule has 0 amide bonds. The number of carbonyl (C=O) groups excluding carboxylic acids is 1. The van der Waals surface area contributed by atoms with Crippen molar-refractivity contribution in [3.63, 3.8) is 0 Å². The number of benzene rings is 3. The standard InChI is InChI=1S/C22H15F3O/c23-22(24,25)20-13-6-16(7-14-20)8-15-21(26)19-11-9-18(10-12-19)17-4-2-1-3-5-17/h1-15H/b15-8+. The monoisotopic (exact) mass is 352 g/mol. The van der Waals surface area contributed by atoms with Crippen LogP contribution in [0.15, 0.2) is 84.9 Å². The van der Waals surface area contributed by atoms with E-state index in [-0.39, 0.29) is 5.78 Å². The first kappa shape index (κ1) is 17.7. The topological polar surface area (TPSA) is 17.1 Å². The van der Waals surface area contributed by atoms with E-state index >= 15 is 0 Å². The molecule has 0 aliphatic heterocycles. The molecule has 0 aromatic heterocycles. The van der Waals surface area contributed by atoms with Crippen molar-refractivity contribution in [3.8, 4) is 11.1 Å². The van der Waals surface area contributed by atoms with E-state index in [4.69, 9.17) is 0 Å². The second-order valence-corrected chi connectivity index (χ2v) is 5.76. The summed E-state index contributed by atoms with van der Waals surface area (Å²) < 4.78 is 37.6. The summed E-state index contributed by atoms with van der Waals surface area (Å²) in [5.41, 5.74) is 2.42. The van der Waals surface area contributed by atoms with Gasteiger partial charge in [-0.05, 0) is 34.9 Å². The minimum atomic E-state index is -4.36. The fourth-order valence-electron chi connectivity index (χ4n) is 2.51. The van der Waals surface area contributed by atoms with Gasteiger partial charge < -0.3 is 0 Å². The van der Waals surface area contributed by atoms with Crippen molar-refractivity contribution in [1.82, 2.24) is 0 Å². The van der Waals surface area contributed by atoms with Gasteiger partial charge in [0.15, 0.2) is 5.78 Å². The molecule has 0 saturated carbocycles. The van der Waals surface area contributed by atoms with E-state index in [0.717, 1.165) is 23.3 Å². The van der Waals surface area contributed by atoms with Gasteiger partial charge in [0.05, 0.1) is 5.56 Å². The molecule has 0 aliphatic rings. The normalized spacial score (nSPS) is 11.7. The average Bonchev–Trinajstić information content (AvgIpc) is 2.66. The van der Waals surface area contributed by atoms with Crippen molar-refractivity contribution in [3.05, 3.63) is 102 Å². The Morgan fingerprint density at radius 2 is 1.31 bits per heavy atom. The second-order valence-electron chi connectivity index (χ2n) is 5.76. The fourth-order valence-corrected chi connectivity index (χ4v) is 2.51. The molecule has 3 aromatic rings. The smallest absolute Gasteiger partial charge is 0.289 e. The number of hydrogen-bond acceptors (Lipinski definition) is 1. The minimum absolute atomic E-state index is 0.204. The third-order valence-corrected chi connectivity index (χ3v) is 3.94. The Hall–Kier alpha value is -3.14. The Bertz CT molecular complexity index is 906. The largest absolute Gasteiger partial charge is 0.416 e. The number of alkyl halides is 3. The van der Waals surface area contributed by atoms with Crippen LogP contribution < -0.4 is 0 Å². The van der Waals surface area contributed by atoms with Gasteiger partial charge in [0.1, 0.15) is 0 Å². The summed E-state index contributed by atoms with van der Waals surface area (Å²) in [7, 11) is 0. The van der Waals surface area contributed by atoms with Crippen LogP contribution >= 0.6 is 0 Å². The highest BCUT2D eigenvalue weighted by atomic mass is 19.4. The zero-order chi connectivity index (χ0) is 18.6. The third kappa shape index (κ3) is 4.28. The maximum atomic E-state index is 12.5. The Morgan fingerprint density at radius 3 is 1.88 bits per heavy atom. The Morgan fingerprint density at radius 1 is 0.731 bits per heavy atom. The van der Waals surface area contributed by atoms with Crippen LogP contribution in [0.25, 0.3) is 17.2 Å². The summed E-state index contributed by atoms with van der Waals surface area (Å²) in [6.07, 6.45) is -1.49. The zero-order valence-corrected chi connectivity index (χ0v) is 13.7. The van der Waals surface area contributed by atoms with Gasteiger partial charge in [-0.1, -0.05) is 72.8 Å². The highest BCUT2D eigenvalue weighted by Crippen LogP contribution is 2.29. The highest BCUT2D eigenvalue weighted by molar-refractivity contribution is 6.07. The van der Waals surface area contributed by atoms with Crippen molar-refractivity contribution in [2.24, 2.45) is 0 Å². The van der Waals surface area contributed by atoms with Crippen molar-refractivity contribution >= 4 is 11.9 Å². The molecule has 130 valence electrons. The van der Waals surface area contributed by atoms with E-state index in [9.17, 15) is 18.0 Å². The Balaban J connectivity index is 1.70. The lowest BCUT2D eigenvalue weighted by atomic mass is 10.0. The van der Waals surface area contributed by atoms with E-state index in [1.54, 1.807) is 12.1 Å². The van der Waals surface area contributed by atoms with Crippen LogP contribution in [0.4, 0.5) is 13.2 Å². The van der Waals surface area contributed by atoms with Crippen LogP contribution in [0.2, 0.25) is 0 Å². The SMILES string of the molecule is O=C(/C=C/c1ccc(C(F)(F)F)cc1)c1ccc(-c2ccccc2)cc1. The molecule has 0 heterocycles. The second kappa shape index (κ2) is 7.40. The lowest BCUT2D eigenvalue weighted by Crippen LogP contribution is -2.04. The van der Waals surface area contributed by atoms with Crippen molar-refractivity contribution in [2.75, 3.05) is 0 Å². The van der Waals surface area contributed by atoms with Crippen LogP contribution in [0.1, 0.15) is 21.5 Å². The van der Waals surface area contributed by atoms with Gasteiger partial charge in [-0.25, -0.2) is 0 Å². The quantitative estimate of drug-likeness (QED) is 0.399. The number of rotatable bonds is 4. The van der Waals surface area contributed by atoms with Crippen LogP contribution in [-0.4, -0.2) is 5.78 Å². The molecule has 0 saturated heterocycles. The first-order chi connectivity index (χ1) is 12.4. The molecule has 0 N–H and O–H groups in total. The number of allylic oxidation sites excluding steroid dienone is 1. The van der Waals surface area contributed by atoms with E-state index in [1.165, 1.54) is 24.3 Å². The number of hydrogen-bond donors (Lipinski definition) is 0. The fraction of sp³-hybridized carbons (Fsp3) is 0.0455. The van der Waals surface area contributed by atoms with Crippen LogP contribution in [0, 0.1) is 0 Å². The van der Waals surface area contributed by atoms with E-state index in [0.29, 0.717) is 11.1 Å². The average molecular weight is 352 g/mol. The molecule has 0 aliphatic carbocycles.